The van der Waals surface area contributed by atoms with Crippen molar-refractivity contribution in [1.29, 1.82) is 5.26 Å². The Balaban J connectivity index is 1.74. The molecular weight excluding hydrogens is 471 g/mol. The number of benzene rings is 2. The van der Waals surface area contributed by atoms with E-state index in [0.29, 0.717) is 16.7 Å². The second-order valence-electron chi connectivity index (χ2n) is 9.49. The van der Waals surface area contributed by atoms with E-state index in [1.54, 1.807) is 29.2 Å². The predicted octanol–water partition coefficient (Wildman–Crippen LogP) is 5.85. The molecule has 1 aliphatic heterocycles. The largest absolute Gasteiger partial charge is 0.478 e. The van der Waals surface area contributed by atoms with Gasteiger partial charge in [-0.3, -0.25) is 0 Å². The third kappa shape index (κ3) is 4.65. The summed E-state index contributed by atoms with van der Waals surface area (Å²) >= 11 is 0. The lowest BCUT2D eigenvalue weighted by Gasteiger charge is -2.41. The standard InChI is InChI=1S/C26H26F3N5O2/c1-15-12-18(16(2)31-19-7-5-4-6-17(19)24(35)36)22-20(13-15)32-21(14-30)23(33-22)34-10-8-25(3,9-11-34)26(27,28)29/h4-7,12-13,16,31H,8-11H2,1-3H3,(H,35,36). The Bertz CT molecular complexity index is 1360. The number of anilines is 2. The summed E-state index contributed by atoms with van der Waals surface area (Å²) in [5, 5.41) is 22.5. The zero-order chi connectivity index (χ0) is 26.3. The van der Waals surface area contributed by atoms with Gasteiger partial charge in [0.15, 0.2) is 11.5 Å². The van der Waals surface area contributed by atoms with Crippen LogP contribution in [0.15, 0.2) is 36.4 Å². The number of carboxylic acids is 1. The van der Waals surface area contributed by atoms with E-state index in [-0.39, 0.29) is 49.0 Å². The summed E-state index contributed by atoms with van der Waals surface area (Å²) < 4.78 is 40.5. The fourth-order valence-electron chi connectivity index (χ4n) is 4.55. The molecule has 0 radical (unpaired) electrons. The molecule has 0 spiro atoms. The van der Waals surface area contributed by atoms with E-state index in [2.05, 4.69) is 10.3 Å². The average molecular weight is 498 g/mol. The minimum atomic E-state index is -4.30. The Morgan fingerprint density at radius 1 is 1.22 bits per heavy atom. The third-order valence-electron chi connectivity index (χ3n) is 6.88. The maximum absolute atomic E-state index is 13.5. The van der Waals surface area contributed by atoms with E-state index in [4.69, 9.17) is 4.98 Å². The number of carboxylic acid groups (broad SMARTS) is 1. The van der Waals surface area contributed by atoms with Gasteiger partial charge in [-0.25, -0.2) is 14.8 Å². The summed E-state index contributed by atoms with van der Waals surface area (Å²) in [4.78, 5) is 22.6. The molecule has 0 bridgehead atoms. The van der Waals surface area contributed by atoms with Crippen LogP contribution < -0.4 is 10.2 Å². The number of hydrogen-bond donors (Lipinski definition) is 2. The summed E-state index contributed by atoms with van der Waals surface area (Å²) in [6.45, 7) is 5.18. The fourth-order valence-corrected chi connectivity index (χ4v) is 4.55. The first-order chi connectivity index (χ1) is 16.9. The number of aromatic carboxylic acids is 1. The topological polar surface area (TPSA) is 102 Å². The van der Waals surface area contributed by atoms with Crippen molar-refractivity contribution in [3.8, 4) is 6.07 Å². The molecule has 0 amide bonds. The van der Waals surface area contributed by atoms with E-state index in [9.17, 15) is 28.3 Å². The van der Waals surface area contributed by atoms with Gasteiger partial charge in [0, 0.05) is 24.3 Å². The second-order valence-corrected chi connectivity index (χ2v) is 9.49. The highest BCUT2D eigenvalue weighted by molar-refractivity contribution is 5.94. The normalized spacial score (nSPS) is 16.4. The van der Waals surface area contributed by atoms with Crippen LogP contribution >= 0.6 is 0 Å². The van der Waals surface area contributed by atoms with Crippen molar-refractivity contribution in [3.63, 3.8) is 0 Å². The van der Waals surface area contributed by atoms with Crippen molar-refractivity contribution in [3.05, 3.63) is 58.8 Å². The molecule has 1 saturated heterocycles. The van der Waals surface area contributed by atoms with Crippen molar-refractivity contribution in [2.75, 3.05) is 23.3 Å². The molecule has 7 nitrogen and oxygen atoms in total. The molecule has 1 unspecified atom stereocenters. The van der Waals surface area contributed by atoms with Crippen LogP contribution in [0, 0.1) is 23.7 Å². The minimum Gasteiger partial charge on any atom is -0.478 e. The van der Waals surface area contributed by atoms with Crippen molar-refractivity contribution < 1.29 is 23.1 Å². The molecule has 1 atom stereocenters. The van der Waals surface area contributed by atoms with E-state index in [1.165, 1.54) is 13.0 Å². The Hall–Kier alpha value is -3.87. The molecule has 188 valence electrons. The van der Waals surface area contributed by atoms with Gasteiger partial charge in [-0.2, -0.15) is 18.4 Å². The van der Waals surface area contributed by atoms with E-state index in [0.717, 1.165) is 11.1 Å². The van der Waals surface area contributed by atoms with Crippen LogP contribution in [0.2, 0.25) is 0 Å². The first-order valence-corrected chi connectivity index (χ1v) is 11.6. The van der Waals surface area contributed by atoms with Gasteiger partial charge in [0.1, 0.15) is 6.07 Å². The number of hydrogen-bond acceptors (Lipinski definition) is 6. The van der Waals surface area contributed by atoms with Gasteiger partial charge < -0.3 is 15.3 Å². The Kier molecular flexibility index (Phi) is 6.52. The minimum absolute atomic E-state index is 0.0616. The van der Waals surface area contributed by atoms with Crippen LogP contribution in [0.5, 0.6) is 0 Å². The number of nitrogens with one attached hydrogen (secondary N) is 1. The number of aromatic nitrogens is 2. The molecule has 1 aliphatic rings. The van der Waals surface area contributed by atoms with Gasteiger partial charge in [-0.1, -0.05) is 25.1 Å². The molecule has 0 saturated carbocycles. The number of piperidine rings is 1. The van der Waals surface area contributed by atoms with E-state index >= 15 is 0 Å². The SMILES string of the molecule is Cc1cc(C(C)Nc2ccccc2C(=O)O)c2nc(N3CCC(C)(C(F)(F)F)CC3)c(C#N)nc2c1. The summed E-state index contributed by atoms with van der Waals surface area (Å²) in [5.41, 5.74) is 1.46. The van der Waals surface area contributed by atoms with Gasteiger partial charge in [-0.05, 0) is 50.5 Å². The van der Waals surface area contributed by atoms with Crippen LogP contribution in [0.1, 0.15) is 59.9 Å². The monoisotopic (exact) mass is 497 g/mol. The molecule has 2 aromatic carbocycles. The Morgan fingerprint density at radius 3 is 2.50 bits per heavy atom. The van der Waals surface area contributed by atoms with Gasteiger partial charge in [0.25, 0.3) is 0 Å². The molecule has 0 aliphatic carbocycles. The number of halogens is 3. The van der Waals surface area contributed by atoms with Gasteiger partial charge >= 0.3 is 12.1 Å². The molecule has 2 N–H and O–H groups in total. The molecule has 10 heteroatoms. The van der Waals surface area contributed by atoms with Crippen molar-refractivity contribution in [2.45, 2.75) is 45.8 Å². The molecule has 4 rings (SSSR count). The van der Waals surface area contributed by atoms with Crippen LogP contribution in [-0.2, 0) is 0 Å². The second kappa shape index (κ2) is 9.30. The van der Waals surface area contributed by atoms with E-state index in [1.807, 2.05) is 26.0 Å². The highest BCUT2D eigenvalue weighted by Gasteiger charge is 2.52. The van der Waals surface area contributed by atoms with Crippen LogP contribution in [-0.4, -0.2) is 40.3 Å². The zero-order valence-electron chi connectivity index (χ0n) is 20.1. The maximum Gasteiger partial charge on any atom is 0.394 e. The van der Waals surface area contributed by atoms with Crippen molar-refractivity contribution in [1.82, 2.24) is 9.97 Å². The smallest absolute Gasteiger partial charge is 0.394 e. The first kappa shape index (κ1) is 25.2. The number of nitriles is 1. The van der Waals surface area contributed by atoms with Crippen LogP contribution in [0.25, 0.3) is 11.0 Å². The summed E-state index contributed by atoms with van der Waals surface area (Å²) in [7, 11) is 0. The van der Waals surface area contributed by atoms with Gasteiger partial charge in [0.2, 0.25) is 0 Å². The lowest BCUT2D eigenvalue weighted by Crippen LogP contribution is -2.46. The zero-order valence-corrected chi connectivity index (χ0v) is 20.1. The number of alkyl halides is 3. The Labute approximate surface area is 206 Å². The summed E-state index contributed by atoms with van der Waals surface area (Å²) in [6, 6.07) is 11.9. The fraction of sp³-hybridized carbons (Fsp3) is 0.385. The number of fused-ring (bicyclic) bond motifs is 1. The third-order valence-corrected chi connectivity index (χ3v) is 6.88. The predicted molar refractivity (Wildman–Crippen MR) is 130 cm³/mol. The lowest BCUT2D eigenvalue weighted by atomic mass is 9.79. The number of rotatable bonds is 5. The number of aryl methyl sites for hydroxylation is 1. The van der Waals surface area contributed by atoms with Crippen LogP contribution in [0.4, 0.5) is 24.7 Å². The summed E-state index contributed by atoms with van der Waals surface area (Å²) in [6.07, 6.45) is -4.51. The molecule has 36 heavy (non-hydrogen) atoms. The Morgan fingerprint density at radius 2 is 1.89 bits per heavy atom. The maximum atomic E-state index is 13.5. The first-order valence-electron chi connectivity index (χ1n) is 11.6. The lowest BCUT2D eigenvalue weighted by molar-refractivity contribution is -0.224. The van der Waals surface area contributed by atoms with Crippen molar-refractivity contribution in [2.24, 2.45) is 5.41 Å². The highest BCUT2D eigenvalue weighted by atomic mass is 19.4. The molecular formula is C26H26F3N5O2. The number of nitrogens with zero attached hydrogens (tertiary/aromatic N) is 4. The quantitative estimate of drug-likeness (QED) is 0.456. The molecule has 2 heterocycles. The number of carbonyl (C=O) groups is 1. The molecule has 1 aromatic heterocycles. The van der Waals surface area contributed by atoms with Gasteiger partial charge in [0.05, 0.1) is 28.1 Å². The number of para-hydroxylation sites is 1. The van der Waals surface area contributed by atoms with Crippen molar-refractivity contribution >= 4 is 28.5 Å². The van der Waals surface area contributed by atoms with E-state index < -0.39 is 17.6 Å². The average Bonchev–Trinajstić information content (AvgIpc) is 2.82. The van der Waals surface area contributed by atoms with Gasteiger partial charge in [-0.15, -0.1) is 0 Å². The summed E-state index contributed by atoms with van der Waals surface area (Å²) in [5.74, 6) is -0.798. The molecule has 1 fully saturated rings. The van der Waals surface area contributed by atoms with Crippen LogP contribution in [0.3, 0.4) is 0 Å². The molecule has 3 aromatic rings. The highest BCUT2D eigenvalue weighted by Crippen LogP contribution is 2.46.